The number of carbonyl (C=O) groups is 3. The Hall–Kier alpha value is -2.91. The first-order chi connectivity index (χ1) is 13.6. The quantitative estimate of drug-likeness (QED) is 0.555. The first-order valence-corrected chi connectivity index (χ1v) is 8.69. The number of rotatable bonds is 3. The number of imide groups is 2. The third kappa shape index (κ3) is 4.41. The molecule has 0 aromatic heterocycles. The molecule has 11 heteroatoms. The lowest BCUT2D eigenvalue weighted by Crippen LogP contribution is -2.58. The van der Waals surface area contributed by atoms with E-state index in [1.54, 1.807) is 0 Å². The zero-order chi connectivity index (χ0) is 21.3. The summed E-state index contributed by atoms with van der Waals surface area (Å²) < 4.78 is 38.8. The molecule has 1 atom stereocenters. The first kappa shape index (κ1) is 20.8. The average Bonchev–Trinajstić information content (AvgIpc) is 2.62. The third-order valence-electron chi connectivity index (χ3n) is 3.91. The Bertz CT molecular complexity index is 1040. The molecule has 29 heavy (non-hydrogen) atoms. The second-order valence-electron chi connectivity index (χ2n) is 5.87. The van der Waals surface area contributed by atoms with Gasteiger partial charge in [-0.25, -0.2) is 9.69 Å². The van der Waals surface area contributed by atoms with Gasteiger partial charge < -0.3 is 0 Å². The molecule has 2 aromatic rings. The standard InChI is InChI=1S/C18H10Cl2F3N3O3/c19-10-4-5-14(13(20)7-10)24-8-12-15(27)25-17(29)26(16(12)28)11-3-1-2-9(6-11)18(21,22)23/h1-8,12H,(H,25,27,29)/t12-/m1/s1. The van der Waals surface area contributed by atoms with Gasteiger partial charge in [-0.05, 0) is 36.4 Å². The van der Waals surface area contributed by atoms with E-state index in [1.807, 2.05) is 5.32 Å². The lowest BCUT2D eigenvalue weighted by atomic mass is 10.1. The zero-order valence-corrected chi connectivity index (χ0v) is 15.7. The second-order valence-corrected chi connectivity index (χ2v) is 6.71. The van der Waals surface area contributed by atoms with Gasteiger partial charge in [-0.1, -0.05) is 29.3 Å². The van der Waals surface area contributed by atoms with Crippen molar-refractivity contribution < 1.29 is 27.6 Å². The van der Waals surface area contributed by atoms with E-state index in [9.17, 15) is 27.6 Å². The average molecular weight is 444 g/mol. The molecule has 0 saturated carbocycles. The van der Waals surface area contributed by atoms with E-state index < -0.39 is 35.5 Å². The molecule has 150 valence electrons. The highest BCUT2D eigenvalue weighted by molar-refractivity contribution is 6.36. The first-order valence-electron chi connectivity index (χ1n) is 7.93. The van der Waals surface area contributed by atoms with Crippen LogP contribution in [0.4, 0.5) is 29.3 Å². The molecule has 4 amide bonds. The number of hydrogen-bond donors (Lipinski definition) is 1. The van der Waals surface area contributed by atoms with Crippen molar-refractivity contribution in [2.24, 2.45) is 10.9 Å². The summed E-state index contributed by atoms with van der Waals surface area (Å²) in [6, 6.07) is 6.80. The smallest absolute Gasteiger partial charge is 0.276 e. The van der Waals surface area contributed by atoms with Crippen molar-refractivity contribution in [2.45, 2.75) is 6.18 Å². The molecule has 2 aromatic carbocycles. The fourth-order valence-electron chi connectivity index (χ4n) is 2.53. The summed E-state index contributed by atoms with van der Waals surface area (Å²) in [7, 11) is 0. The van der Waals surface area contributed by atoms with Gasteiger partial charge >= 0.3 is 12.2 Å². The number of anilines is 1. The van der Waals surface area contributed by atoms with Crippen LogP contribution in [0.25, 0.3) is 0 Å². The molecule has 0 radical (unpaired) electrons. The predicted octanol–water partition coefficient (Wildman–Crippen LogP) is 4.61. The minimum Gasteiger partial charge on any atom is -0.276 e. The SMILES string of the molecule is O=C1NC(=O)N(c2cccc(C(F)(F)F)c2)C(=O)[C@@H]1C=Nc1ccc(Cl)cc1Cl. The molecule has 0 aliphatic carbocycles. The monoisotopic (exact) mass is 443 g/mol. The van der Waals surface area contributed by atoms with Crippen molar-refractivity contribution in [1.29, 1.82) is 0 Å². The van der Waals surface area contributed by atoms with E-state index in [4.69, 9.17) is 23.2 Å². The lowest BCUT2D eigenvalue weighted by molar-refractivity contribution is -0.138. The molecule has 1 fully saturated rings. The number of nitrogens with one attached hydrogen (secondary N) is 1. The normalized spacial score (nSPS) is 17.8. The van der Waals surface area contributed by atoms with Crippen LogP contribution in [-0.4, -0.2) is 24.1 Å². The van der Waals surface area contributed by atoms with E-state index in [0.29, 0.717) is 16.0 Å². The van der Waals surface area contributed by atoms with Crippen LogP contribution in [0.15, 0.2) is 47.5 Å². The number of hydrogen-bond acceptors (Lipinski definition) is 4. The molecule has 3 rings (SSSR count). The number of aliphatic imine (C=N–C) groups is 1. The number of urea groups is 1. The van der Waals surface area contributed by atoms with Gasteiger partial charge in [0.2, 0.25) is 5.91 Å². The molecule has 1 N–H and O–H groups in total. The van der Waals surface area contributed by atoms with Crippen molar-refractivity contribution in [1.82, 2.24) is 5.32 Å². The zero-order valence-electron chi connectivity index (χ0n) is 14.2. The highest BCUT2D eigenvalue weighted by Gasteiger charge is 2.41. The fraction of sp³-hybridized carbons (Fsp3) is 0.111. The Morgan fingerprint density at radius 1 is 1.07 bits per heavy atom. The summed E-state index contributed by atoms with van der Waals surface area (Å²) in [5.74, 6) is -3.56. The van der Waals surface area contributed by atoms with Crippen LogP contribution >= 0.6 is 23.2 Å². The van der Waals surface area contributed by atoms with Crippen LogP contribution in [0.1, 0.15) is 5.56 Å². The number of nitrogens with zero attached hydrogens (tertiary/aromatic N) is 2. The van der Waals surface area contributed by atoms with E-state index in [1.165, 1.54) is 18.2 Å². The van der Waals surface area contributed by atoms with Crippen LogP contribution in [0.5, 0.6) is 0 Å². The van der Waals surface area contributed by atoms with Crippen LogP contribution in [0.3, 0.4) is 0 Å². The maximum atomic E-state index is 12.9. The van der Waals surface area contributed by atoms with E-state index in [2.05, 4.69) is 4.99 Å². The van der Waals surface area contributed by atoms with Gasteiger partial charge in [0.25, 0.3) is 5.91 Å². The second kappa shape index (κ2) is 7.84. The highest BCUT2D eigenvalue weighted by atomic mass is 35.5. The molecule has 1 aliphatic rings. The van der Waals surface area contributed by atoms with Crippen molar-refractivity contribution in [3.05, 3.63) is 58.1 Å². The van der Waals surface area contributed by atoms with Gasteiger partial charge in [-0.15, -0.1) is 0 Å². The van der Waals surface area contributed by atoms with Crippen molar-refractivity contribution in [2.75, 3.05) is 4.90 Å². The van der Waals surface area contributed by atoms with Gasteiger partial charge in [0, 0.05) is 11.2 Å². The van der Waals surface area contributed by atoms with Crippen LogP contribution in [0.2, 0.25) is 10.0 Å². The molecular formula is C18H10Cl2F3N3O3. The largest absolute Gasteiger partial charge is 0.416 e. The number of amides is 4. The van der Waals surface area contributed by atoms with Gasteiger partial charge in [-0.2, -0.15) is 13.2 Å². The number of carbonyl (C=O) groups excluding carboxylic acids is 3. The number of benzene rings is 2. The fourth-order valence-corrected chi connectivity index (χ4v) is 2.99. The minimum absolute atomic E-state index is 0.156. The molecule has 0 bridgehead atoms. The summed E-state index contributed by atoms with van der Waals surface area (Å²) in [6.07, 6.45) is -3.72. The minimum atomic E-state index is -4.67. The van der Waals surface area contributed by atoms with E-state index >= 15 is 0 Å². The predicted molar refractivity (Wildman–Crippen MR) is 101 cm³/mol. The van der Waals surface area contributed by atoms with Crippen molar-refractivity contribution >= 4 is 58.6 Å². The summed E-state index contributed by atoms with van der Waals surface area (Å²) in [5, 5.41) is 2.43. The maximum absolute atomic E-state index is 12.9. The third-order valence-corrected chi connectivity index (χ3v) is 4.44. The van der Waals surface area contributed by atoms with E-state index in [0.717, 1.165) is 24.4 Å². The van der Waals surface area contributed by atoms with Crippen molar-refractivity contribution in [3.8, 4) is 0 Å². The Balaban J connectivity index is 1.93. The van der Waals surface area contributed by atoms with Crippen LogP contribution in [-0.2, 0) is 15.8 Å². The maximum Gasteiger partial charge on any atom is 0.416 e. The molecule has 0 unspecified atom stereocenters. The van der Waals surface area contributed by atoms with Crippen LogP contribution in [0, 0.1) is 5.92 Å². The number of barbiturate groups is 1. The van der Waals surface area contributed by atoms with Crippen molar-refractivity contribution in [3.63, 3.8) is 0 Å². The molecule has 1 aliphatic heterocycles. The summed E-state index contributed by atoms with van der Waals surface area (Å²) >= 11 is 11.8. The highest BCUT2D eigenvalue weighted by Crippen LogP contribution is 2.33. The van der Waals surface area contributed by atoms with Gasteiger partial charge in [0.1, 0.15) is 0 Å². The van der Waals surface area contributed by atoms with Gasteiger partial charge in [-0.3, -0.25) is 19.9 Å². The molecular weight excluding hydrogens is 434 g/mol. The summed E-state index contributed by atoms with van der Waals surface area (Å²) in [4.78, 5) is 41.3. The van der Waals surface area contributed by atoms with Gasteiger partial charge in [0.05, 0.1) is 22.0 Å². The Labute approximate surface area is 171 Å². The summed E-state index contributed by atoms with van der Waals surface area (Å²) in [6.45, 7) is 0. The number of halogens is 5. The molecule has 1 heterocycles. The Kier molecular flexibility index (Phi) is 5.63. The summed E-state index contributed by atoms with van der Waals surface area (Å²) in [5.41, 5.74) is -1.18. The van der Waals surface area contributed by atoms with Crippen LogP contribution < -0.4 is 10.2 Å². The Morgan fingerprint density at radius 3 is 2.45 bits per heavy atom. The number of alkyl halides is 3. The lowest BCUT2D eigenvalue weighted by Gasteiger charge is -2.28. The topological polar surface area (TPSA) is 78.8 Å². The Morgan fingerprint density at radius 2 is 1.79 bits per heavy atom. The molecule has 1 saturated heterocycles. The van der Waals surface area contributed by atoms with Gasteiger partial charge in [0.15, 0.2) is 5.92 Å². The molecule has 0 spiro atoms. The van der Waals surface area contributed by atoms with E-state index in [-0.39, 0.29) is 16.4 Å². The molecule has 6 nitrogen and oxygen atoms in total.